The third-order valence-corrected chi connectivity index (χ3v) is 3.62. The molecule has 80 valence electrons. The Hall–Kier alpha value is -0.610. The van der Waals surface area contributed by atoms with Gasteiger partial charge in [-0.2, -0.15) is 0 Å². The number of fused-ring (bicyclic) bond motifs is 2. The number of hydrogen-bond acceptors (Lipinski definition) is 3. The number of amides is 1. The van der Waals surface area contributed by atoms with Gasteiger partial charge in [0.25, 0.3) is 0 Å². The van der Waals surface area contributed by atoms with Crippen LogP contribution in [0.2, 0.25) is 0 Å². The van der Waals surface area contributed by atoms with E-state index < -0.39 is 11.4 Å². The van der Waals surface area contributed by atoms with Gasteiger partial charge in [-0.15, -0.1) is 0 Å². The molecule has 2 rings (SSSR count). The van der Waals surface area contributed by atoms with E-state index in [4.69, 9.17) is 11.5 Å². The summed E-state index contributed by atoms with van der Waals surface area (Å²) in [5.74, 6) is 0.434. The van der Waals surface area contributed by atoms with E-state index in [1.807, 2.05) is 0 Å². The summed E-state index contributed by atoms with van der Waals surface area (Å²) in [6.45, 7) is 3.44. The molecule has 1 amide bonds. The van der Waals surface area contributed by atoms with Gasteiger partial charge < -0.3 is 11.5 Å². The average Bonchev–Trinajstić information content (AvgIpc) is 2.63. The number of likely N-dealkylation sites (tertiary alicyclic amines) is 1. The summed E-state index contributed by atoms with van der Waals surface area (Å²) >= 11 is 0. The summed E-state index contributed by atoms with van der Waals surface area (Å²) in [6.07, 6.45) is 3.90. The summed E-state index contributed by atoms with van der Waals surface area (Å²) in [6, 6.07) is 0.655. The van der Waals surface area contributed by atoms with Crippen molar-refractivity contribution in [1.82, 2.24) is 4.90 Å². The maximum Gasteiger partial charge on any atom is 0.238 e. The maximum absolute atomic E-state index is 11.1. The summed E-state index contributed by atoms with van der Waals surface area (Å²) in [5, 5.41) is 0. The molecule has 0 radical (unpaired) electrons. The van der Waals surface area contributed by atoms with Crippen LogP contribution in [0.4, 0.5) is 0 Å². The van der Waals surface area contributed by atoms with Crippen molar-refractivity contribution < 1.29 is 4.79 Å². The minimum absolute atomic E-state index is 0.403. The summed E-state index contributed by atoms with van der Waals surface area (Å²) < 4.78 is 0. The smallest absolute Gasteiger partial charge is 0.238 e. The third kappa shape index (κ3) is 1.64. The Morgan fingerprint density at radius 1 is 1.57 bits per heavy atom. The monoisotopic (exact) mass is 197 g/mol. The predicted molar refractivity (Wildman–Crippen MR) is 54.5 cm³/mol. The van der Waals surface area contributed by atoms with Crippen LogP contribution in [-0.2, 0) is 4.79 Å². The van der Waals surface area contributed by atoms with E-state index in [2.05, 4.69) is 4.90 Å². The summed E-state index contributed by atoms with van der Waals surface area (Å²) in [4.78, 5) is 13.4. The van der Waals surface area contributed by atoms with Crippen molar-refractivity contribution in [2.45, 2.75) is 37.8 Å². The van der Waals surface area contributed by atoms with Crippen LogP contribution in [0.3, 0.4) is 0 Å². The first-order valence-corrected chi connectivity index (χ1v) is 5.32. The fourth-order valence-corrected chi connectivity index (χ4v) is 2.72. The SMILES string of the molecule is CC(N)(CN1CC2CCC1C2)C(N)=O. The Morgan fingerprint density at radius 3 is 2.71 bits per heavy atom. The second-order valence-corrected chi connectivity index (χ2v) is 5.04. The van der Waals surface area contributed by atoms with Gasteiger partial charge in [0.1, 0.15) is 5.54 Å². The number of rotatable bonds is 3. The second-order valence-electron chi connectivity index (χ2n) is 5.04. The van der Waals surface area contributed by atoms with Crippen LogP contribution in [0, 0.1) is 5.92 Å². The number of nitrogens with zero attached hydrogens (tertiary/aromatic N) is 1. The number of piperidine rings is 1. The molecule has 4 heteroatoms. The highest BCUT2D eigenvalue weighted by atomic mass is 16.1. The molecular formula is C10H19N3O. The molecule has 0 aromatic carbocycles. The first-order valence-electron chi connectivity index (χ1n) is 5.32. The van der Waals surface area contributed by atoms with Crippen LogP contribution < -0.4 is 11.5 Å². The molecule has 2 fully saturated rings. The molecule has 0 aromatic rings. The van der Waals surface area contributed by atoms with Crippen molar-refractivity contribution >= 4 is 5.91 Å². The average molecular weight is 197 g/mol. The predicted octanol–water partition coefficient (Wildman–Crippen LogP) is -0.327. The van der Waals surface area contributed by atoms with Gasteiger partial charge in [0.15, 0.2) is 0 Å². The van der Waals surface area contributed by atoms with Gasteiger partial charge in [0.05, 0.1) is 0 Å². The van der Waals surface area contributed by atoms with E-state index in [1.165, 1.54) is 19.3 Å². The fourth-order valence-electron chi connectivity index (χ4n) is 2.72. The topological polar surface area (TPSA) is 72.3 Å². The zero-order valence-electron chi connectivity index (χ0n) is 8.70. The van der Waals surface area contributed by atoms with Crippen LogP contribution in [0.1, 0.15) is 26.2 Å². The molecule has 2 aliphatic rings. The number of hydrogen-bond donors (Lipinski definition) is 2. The van der Waals surface area contributed by atoms with E-state index in [-0.39, 0.29) is 0 Å². The lowest BCUT2D eigenvalue weighted by molar-refractivity contribution is -0.123. The van der Waals surface area contributed by atoms with Gasteiger partial charge in [-0.25, -0.2) is 0 Å². The number of carbonyl (C=O) groups is 1. The molecule has 1 saturated carbocycles. The lowest BCUT2D eigenvalue weighted by Gasteiger charge is -2.33. The Labute approximate surface area is 84.6 Å². The van der Waals surface area contributed by atoms with Gasteiger partial charge in [0, 0.05) is 19.1 Å². The molecule has 1 heterocycles. The van der Waals surface area contributed by atoms with E-state index in [9.17, 15) is 4.79 Å². The highest BCUT2D eigenvalue weighted by Gasteiger charge is 2.41. The van der Waals surface area contributed by atoms with E-state index in [0.717, 1.165) is 12.5 Å². The normalized spacial score (nSPS) is 35.9. The molecule has 1 aliphatic heterocycles. The molecule has 1 aliphatic carbocycles. The summed E-state index contributed by atoms with van der Waals surface area (Å²) in [7, 11) is 0. The lowest BCUT2D eigenvalue weighted by atomic mass is 10.0. The molecule has 2 bridgehead atoms. The third-order valence-electron chi connectivity index (χ3n) is 3.62. The van der Waals surface area contributed by atoms with Crippen LogP contribution in [0.25, 0.3) is 0 Å². The van der Waals surface area contributed by atoms with Crippen LogP contribution in [0.15, 0.2) is 0 Å². The van der Waals surface area contributed by atoms with Crippen molar-refractivity contribution in [1.29, 1.82) is 0 Å². The van der Waals surface area contributed by atoms with Crippen molar-refractivity contribution in [2.75, 3.05) is 13.1 Å². The summed E-state index contributed by atoms with van der Waals surface area (Å²) in [5.41, 5.74) is 10.2. The van der Waals surface area contributed by atoms with Gasteiger partial charge in [-0.1, -0.05) is 0 Å². The van der Waals surface area contributed by atoms with Crippen molar-refractivity contribution in [3.8, 4) is 0 Å². The number of nitrogens with two attached hydrogens (primary N) is 2. The molecule has 0 spiro atoms. The van der Waals surface area contributed by atoms with E-state index in [1.54, 1.807) is 6.92 Å². The number of primary amides is 1. The highest BCUT2D eigenvalue weighted by Crippen LogP contribution is 2.37. The highest BCUT2D eigenvalue weighted by molar-refractivity contribution is 5.84. The van der Waals surface area contributed by atoms with E-state index in [0.29, 0.717) is 12.6 Å². The molecule has 3 unspecified atom stereocenters. The van der Waals surface area contributed by atoms with Crippen LogP contribution in [-0.4, -0.2) is 35.5 Å². The van der Waals surface area contributed by atoms with Crippen molar-refractivity contribution in [3.05, 3.63) is 0 Å². The Morgan fingerprint density at radius 2 is 2.29 bits per heavy atom. The minimum Gasteiger partial charge on any atom is -0.368 e. The van der Waals surface area contributed by atoms with Crippen molar-refractivity contribution in [3.63, 3.8) is 0 Å². The molecule has 4 nitrogen and oxygen atoms in total. The zero-order valence-corrected chi connectivity index (χ0v) is 8.70. The molecular weight excluding hydrogens is 178 g/mol. The quantitative estimate of drug-likeness (QED) is 0.651. The molecule has 4 N–H and O–H groups in total. The maximum atomic E-state index is 11.1. The Balaban J connectivity index is 1.95. The van der Waals surface area contributed by atoms with Gasteiger partial charge >= 0.3 is 0 Å². The Kier molecular flexibility index (Phi) is 2.27. The standard InChI is InChI=1S/C10H19N3O/c1-10(12,9(11)14)6-13-5-7-2-3-8(13)4-7/h7-8H,2-6,12H2,1H3,(H2,11,14). The van der Waals surface area contributed by atoms with Crippen LogP contribution in [0.5, 0.6) is 0 Å². The van der Waals surface area contributed by atoms with Gasteiger partial charge in [-0.05, 0) is 32.1 Å². The largest absolute Gasteiger partial charge is 0.368 e. The molecule has 3 atom stereocenters. The second kappa shape index (κ2) is 3.21. The molecule has 0 aromatic heterocycles. The molecule has 1 saturated heterocycles. The number of carbonyl (C=O) groups excluding carboxylic acids is 1. The minimum atomic E-state index is -0.871. The lowest BCUT2D eigenvalue weighted by Crippen LogP contribution is -2.57. The Bertz CT molecular complexity index is 252. The van der Waals surface area contributed by atoms with Gasteiger partial charge in [0.2, 0.25) is 5.91 Å². The molecule has 14 heavy (non-hydrogen) atoms. The fraction of sp³-hybridized carbons (Fsp3) is 0.900. The first kappa shape index (κ1) is 9.93. The van der Waals surface area contributed by atoms with Gasteiger partial charge in [-0.3, -0.25) is 9.69 Å². The zero-order chi connectivity index (χ0) is 10.3. The van der Waals surface area contributed by atoms with Crippen molar-refractivity contribution in [2.24, 2.45) is 17.4 Å². The van der Waals surface area contributed by atoms with E-state index >= 15 is 0 Å². The van der Waals surface area contributed by atoms with Crippen LogP contribution >= 0.6 is 0 Å². The first-order chi connectivity index (χ1) is 6.49.